The molecule has 2 aromatic rings. The molecule has 0 aliphatic carbocycles. The lowest BCUT2D eigenvalue weighted by molar-refractivity contribution is 0.392. The third kappa shape index (κ3) is 3.09. The molecule has 2 rings (SSSR count). The summed E-state index contributed by atoms with van der Waals surface area (Å²) in [6.07, 6.45) is 2.42. The van der Waals surface area contributed by atoms with Gasteiger partial charge in [-0.2, -0.15) is 0 Å². The molecule has 0 radical (unpaired) electrons. The zero-order valence-electron chi connectivity index (χ0n) is 11.3. The van der Waals surface area contributed by atoms with Crippen molar-refractivity contribution in [3.63, 3.8) is 0 Å². The van der Waals surface area contributed by atoms with E-state index in [0.717, 1.165) is 29.2 Å². The molecule has 0 aliphatic heterocycles. The van der Waals surface area contributed by atoms with Gasteiger partial charge < -0.3 is 19.6 Å². The Kier molecular flexibility index (Phi) is 4.47. The van der Waals surface area contributed by atoms with Crippen LogP contribution in [0.25, 0.3) is 0 Å². The number of nitrogens with two attached hydrogens (primary N) is 1. The minimum Gasteiger partial charge on any atom is -0.497 e. The maximum Gasteiger partial charge on any atom is 0.122 e. The van der Waals surface area contributed by atoms with E-state index in [1.807, 2.05) is 30.3 Å². The summed E-state index contributed by atoms with van der Waals surface area (Å²) in [6, 6.07) is 9.59. The minimum atomic E-state index is 0.135. The van der Waals surface area contributed by atoms with Crippen molar-refractivity contribution in [2.75, 3.05) is 20.8 Å². The second-order valence-corrected chi connectivity index (χ2v) is 4.32. The Morgan fingerprint density at radius 3 is 2.63 bits per heavy atom. The number of furan rings is 1. The van der Waals surface area contributed by atoms with E-state index in [0.29, 0.717) is 6.54 Å². The highest BCUT2D eigenvalue weighted by Crippen LogP contribution is 2.32. The summed E-state index contributed by atoms with van der Waals surface area (Å²) in [4.78, 5) is 0. The standard InChI is InChI=1S/C15H19NO3/c1-17-12-5-6-15(18-2)14(9-12)11(10-16)8-13-4-3-7-19-13/h3-7,9,11H,8,10,16H2,1-2H3. The van der Waals surface area contributed by atoms with Gasteiger partial charge in [-0.3, -0.25) is 0 Å². The summed E-state index contributed by atoms with van der Waals surface area (Å²) in [5, 5.41) is 0. The first-order valence-electron chi connectivity index (χ1n) is 6.22. The summed E-state index contributed by atoms with van der Waals surface area (Å²) in [5.74, 6) is 2.67. The maximum absolute atomic E-state index is 5.90. The molecular formula is C15H19NO3. The van der Waals surface area contributed by atoms with Crippen molar-refractivity contribution in [3.05, 3.63) is 47.9 Å². The Balaban J connectivity index is 2.30. The van der Waals surface area contributed by atoms with Crippen LogP contribution < -0.4 is 15.2 Å². The molecule has 0 aliphatic rings. The first-order chi connectivity index (χ1) is 9.28. The van der Waals surface area contributed by atoms with Crippen LogP contribution in [0.5, 0.6) is 11.5 Å². The molecule has 0 bridgehead atoms. The van der Waals surface area contributed by atoms with Gasteiger partial charge in [-0.25, -0.2) is 0 Å². The summed E-state index contributed by atoms with van der Waals surface area (Å²) < 4.78 is 16.1. The molecule has 1 aromatic carbocycles. The zero-order valence-corrected chi connectivity index (χ0v) is 11.3. The Hall–Kier alpha value is -1.94. The highest BCUT2D eigenvalue weighted by atomic mass is 16.5. The smallest absolute Gasteiger partial charge is 0.122 e. The molecule has 2 N–H and O–H groups in total. The van der Waals surface area contributed by atoms with Crippen LogP contribution in [0, 0.1) is 0 Å². The van der Waals surface area contributed by atoms with Crippen molar-refractivity contribution in [3.8, 4) is 11.5 Å². The van der Waals surface area contributed by atoms with Crippen LogP contribution in [-0.4, -0.2) is 20.8 Å². The second-order valence-electron chi connectivity index (χ2n) is 4.32. The molecule has 1 aromatic heterocycles. The number of benzene rings is 1. The molecule has 0 spiro atoms. The molecule has 0 saturated heterocycles. The van der Waals surface area contributed by atoms with Gasteiger partial charge in [0.15, 0.2) is 0 Å². The van der Waals surface area contributed by atoms with Crippen LogP contribution >= 0.6 is 0 Å². The molecule has 102 valence electrons. The Morgan fingerprint density at radius 2 is 2.05 bits per heavy atom. The molecule has 0 fully saturated rings. The van der Waals surface area contributed by atoms with Gasteiger partial charge in [-0.1, -0.05) is 0 Å². The number of rotatable bonds is 6. The predicted molar refractivity (Wildman–Crippen MR) is 73.8 cm³/mol. The average molecular weight is 261 g/mol. The van der Waals surface area contributed by atoms with E-state index in [4.69, 9.17) is 19.6 Å². The second kappa shape index (κ2) is 6.29. The fourth-order valence-corrected chi connectivity index (χ4v) is 2.15. The van der Waals surface area contributed by atoms with Gasteiger partial charge in [0.25, 0.3) is 0 Å². The summed E-state index contributed by atoms with van der Waals surface area (Å²) >= 11 is 0. The molecule has 1 unspecified atom stereocenters. The van der Waals surface area contributed by atoms with E-state index >= 15 is 0 Å². The van der Waals surface area contributed by atoms with Crippen LogP contribution in [-0.2, 0) is 6.42 Å². The third-order valence-corrected chi connectivity index (χ3v) is 3.19. The largest absolute Gasteiger partial charge is 0.497 e. The van der Waals surface area contributed by atoms with Gasteiger partial charge in [0.2, 0.25) is 0 Å². The van der Waals surface area contributed by atoms with Crippen molar-refractivity contribution in [2.24, 2.45) is 5.73 Å². The van der Waals surface area contributed by atoms with Gasteiger partial charge >= 0.3 is 0 Å². The SMILES string of the molecule is COc1ccc(OC)c(C(CN)Cc2ccco2)c1. The van der Waals surface area contributed by atoms with Crippen molar-refractivity contribution >= 4 is 0 Å². The van der Waals surface area contributed by atoms with Gasteiger partial charge in [-0.05, 0) is 36.9 Å². The predicted octanol–water partition coefficient (Wildman–Crippen LogP) is 2.58. The van der Waals surface area contributed by atoms with Crippen LogP contribution in [0.15, 0.2) is 41.0 Å². The fourth-order valence-electron chi connectivity index (χ4n) is 2.15. The summed E-state index contributed by atoms with van der Waals surface area (Å²) in [5.41, 5.74) is 6.94. The lowest BCUT2D eigenvalue weighted by atomic mass is 9.93. The number of hydrogen-bond donors (Lipinski definition) is 1. The molecule has 4 nitrogen and oxygen atoms in total. The number of methoxy groups -OCH3 is 2. The minimum absolute atomic E-state index is 0.135. The Bertz CT molecular complexity index is 508. The van der Waals surface area contributed by atoms with Gasteiger partial charge in [0.1, 0.15) is 17.3 Å². The Labute approximate surface area is 113 Å². The molecule has 1 heterocycles. The van der Waals surface area contributed by atoms with E-state index in [1.54, 1.807) is 20.5 Å². The van der Waals surface area contributed by atoms with E-state index < -0.39 is 0 Å². The lowest BCUT2D eigenvalue weighted by Crippen LogP contribution is -2.15. The van der Waals surface area contributed by atoms with Crippen molar-refractivity contribution < 1.29 is 13.9 Å². The maximum atomic E-state index is 5.90. The highest BCUT2D eigenvalue weighted by molar-refractivity contribution is 5.43. The van der Waals surface area contributed by atoms with Gasteiger partial charge in [0, 0.05) is 17.9 Å². The monoisotopic (exact) mass is 261 g/mol. The van der Waals surface area contributed by atoms with Crippen LogP contribution in [0.4, 0.5) is 0 Å². The first kappa shape index (κ1) is 13.5. The zero-order chi connectivity index (χ0) is 13.7. The highest BCUT2D eigenvalue weighted by Gasteiger charge is 2.17. The van der Waals surface area contributed by atoms with Crippen LogP contribution in [0.1, 0.15) is 17.2 Å². The van der Waals surface area contributed by atoms with Crippen LogP contribution in [0.3, 0.4) is 0 Å². The van der Waals surface area contributed by atoms with E-state index in [-0.39, 0.29) is 5.92 Å². The lowest BCUT2D eigenvalue weighted by Gasteiger charge is -2.18. The van der Waals surface area contributed by atoms with Crippen molar-refractivity contribution in [1.82, 2.24) is 0 Å². The van der Waals surface area contributed by atoms with E-state index in [1.165, 1.54) is 0 Å². The average Bonchev–Trinajstić information content (AvgIpc) is 2.97. The van der Waals surface area contributed by atoms with E-state index in [9.17, 15) is 0 Å². The molecule has 1 atom stereocenters. The first-order valence-corrected chi connectivity index (χ1v) is 6.22. The quantitative estimate of drug-likeness (QED) is 0.868. The van der Waals surface area contributed by atoms with Gasteiger partial charge in [-0.15, -0.1) is 0 Å². The third-order valence-electron chi connectivity index (χ3n) is 3.19. The number of hydrogen-bond acceptors (Lipinski definition) is 4. The normalized spacial score (nSPS) is 12.2. The van der Waals surface area contributed by atoms with E-state index in [2.05, 4.69) is 0 Å². The molecule has 0 amide bonds. The van der Waals surface area contributed by atoms with Crippen molar-refractivity contribution in [2.45, 2.75) is 12.3 Å². The van der Waals surface area contributed by atoms with Crippen LogP contribution in [0.2, 0.25) is 0 Å². The summed E-state index contributed by atoms with van der Waals surface area (Å²) in [7, 11) is 3.31. The molecule has 4 heteroatoms. The fraction of sp³-hybridized carbons (Fsp3) is 0.333. The summed E-state index contributed by atoms with van der Waals surface area (Å²) in [6.45, 7) is 0.518. The topological polar surface area (TPSA) is 57.6 Å². The Morgan fingerprint density at radius 1 is 1.21 bits per heavy atom. The molecular weight excluding hydrogens is 242 g/mol. The number of ether oxygens (including phenoxy) is 2. The van der Waals surface area contributed by atoms with Gasteiger partial charge in [0.05, 0.1) is 20.5 Å². The molecule has 0 saturated carbocycles. The molecule has 19 heavy (non-hydrogen) atoms. The van der Waals surface area contributed by atoms with Crippen molar-refractivity contribution in [1.29, 1.82) is 0 Å².